The lowest BCUT2D eigenvalue weighted by atomic mass is 10.0. The van der Waals surface area contributed by atoms with Gasteiger partial charge in [-0.1, -0.05) is 0 Å². The standard InChI is InChI=1S/C20H27N5O/c26-20-2-1-11-25(20)19-5-3-18(4-6-19)24-12-8-16(9-13-24)22-10-7-17-14-21-15-23-17/h3-6,14-16,22H,1-2,7-13H2,(H,21,23). The van der Waals surface area contributed by atoms with Crippen molar-refractivity contribution in [1.82, 2.24) is 15.3 Å². The smallest absolute Gasteiger partial charge is 0.227 e. The van der Waals surface area contributed by atoms with Crippen molar-refractivity contribution < 1.29 is 4.79 Å². The fourth-order valence-electron chi connectivity index (χ4n) is 3.94. The van der Waals surface area contributed by atoms with Crippen LogP contribution in [-0.4, -0.2) is 48.1 Å². The average Bonchev–Trinajstić information content (AvgIpc) is 3.34. The molecule has 0 spiro atoms. The van der Waals surface area contributed by atoms with Crippen molar-refractivity contribution in [2.24, 2.45) is 0 Å². The summed E-state index contributed by atoms with van der Waals surface area (Å²) in [7, 11) is 0. The molecular weight excluding hydrogens is 326 g/mol. The molecule has 2 N–H and O–H groups in total. The third kappa shape index (κ3) is 3.90. The monoisotopic (exact) mass is 353 g/mol. The summed E-state index contributed by atoms with van der Waals surface area (Å²) in [5, 5.41) is 3.66. The second-order valence-corrected chi connectivity index (χ2v) is 7.19. The number of hydrogen-bond acceptors (Lipinski definition) is 4. The Morgan fingerprint density at radius 2 is 1.88 bits per heavy atom. The number of aromatic amines is 1. The number of carbonyl (C=O) groups is 1. The van der Waals surface area contributed by atoms with E-state index in [0.717, 1.165) is 63.2 Å². The topological polar surface area (TPSA) is 64.3 Å². The van der Waals surface area contributed by atoms with Crippen LogP contribution in [0.5, 0.6) is 0 Å². The van der Waals surface area contributed by atoms with Gasteiger partial charge in [-0.25, -0.2) is 4.98 Å². The molecule has 1 amide bonds. The van der Waals surface area contributed by atoms with Gasteiger partial charge in [0.05, 0.1) is 12.0 Å². The molecule has 3 heterocycles. The second-order valence-electron chi connectivity index (χ2n) is 7.19. The van der Waals surface area contributed by atoms with Crippen LogP contribution in [0.1, 0.15) is 31.4 Å². The Morgan fingerprint density at radius 1 is 1.12 bits per heavy atom. The van der Waals surface area contributed by atoms with E-state index in [1.54, 1.807) is 6.33 Å². The molecule has 2 fully saturated rings. The molecule has 0 aliphatic carbocycles. The Bertz CT molecular complexity index is 704. The van der Waals surface area contributed by atoms with Crippen LogP contribution in [0.25, 0.3) is 0 Å². The number of H-pyrrole nitrogens is 1. The van der Waals surface area contributed by atoms with Crippen LogP contribution in [-0.2, 0) is 11.2 Å². The van der Waals surface area contributed by atoms with E-state index in [1.165, 1.54) is 5.69 Å². The third-order valence-electron chi connectivity index (χ3n) is 5.46. The van der Waals surface area contributed by atoms with E-state index in [9.17, 15) is 4.79 Å². The Labute approximate surface area is 154 Å². The van der Waals surface area contributed by atoms with Gasteiger partial charge in [0.1, 0.15) is 0 Å². The Morgan fingerprint density at radius 3 is 2.54 bits per heavy atom. The number of anilines is 2. The van der Waals surface area contributed by atoms with Crippen LogP contribution < -0.4 is 15.1 Å². The fourth-order valence-corrected chi connectivity index (χ4v) is 3.94. The van der Waals surface area contributed by atoms with Gasteiger partial charge in [0, 0.05) is 62.6 Å². The van der Waals surface area contributed by atoms with Crippen LogP contribution in [0.15, 0.2) is 36.8 Å². The first-order valence-electron chi connectivity index (χ1n) is 9.66. The molecule has 4 rings (SSSR count). The SMILES string of the molecule is O=C1CCCN1c1ccc(N2CCC(NCCc3c[nH]cn3)CC2)cc1. The number of amides is 1. The lowest BCUT2D eigenvalue weighted by molar-refractivity contribution is -0.117. The minimum Gasteiger partial charge on any atom is -0.371 e. The maximum absolute atomic E-state index is 11.9. The first kappa shape index (κ1) is 17.1. The van der Waals surface area contributed by atoms with E-state index < -0.39 is 0 Å². The van der Waals surface area contributed by atoms with Gasteiger partial charge in [-0.15, -0.1) is 0 Å². The van der Waals surface area contributed by atoms with Crippen molar-refractivity contribution in [3.63, 3.8) is 0 Å². The van der Waals surface area contributed by atoms with Gasteiger partial charge in [0.25, 0.3) is 0 Å². The molecule has 0 radical (unpaired) electrons. The van der Waals surface area contributed by atoms with Crippen molar-refractivity contribution in [1.29, 1.82) is 0 Å². The molecule has 0 saturated carbocycles. The molecule has 6 heteroatoms. The normalized spacial score (nSPS) is 18.7. The molecule has 138 valence electrons. The quantitative estimate of drug-likeness (QED) is 0.837. The Balaban J connectivity index is 1.24. The van der Waals surface area contributed by atoms with Gasteiger partial charge in [-0.2, -0.15) is 0 Å². The number of aromatic nitrogens is 2. The fraction of sp³-hybridized carbons (Fsp3) is 0.500. The summed E-state index contributed by atoms with van der Waals surface area (Å²) in [5.41, 5.74) is 3.41. The molecule has 2 aliphatic heterocycles. The summed E-state index contributed by atoms with van der Waals surface area (Å²) >= 11 is 0. The minimum atomic E-state index is 0.250. The number of piperidine rings is 1. The highest BCUT2D eigenvalue weighted by Crippen LogP contribution is 2.26. The highest BCUT2D eigenvalue weighted by molar-refractivity contribution is 5.95. The van der Waals surface area contributed by atoms with Gasteiger partial charge >= 0.3 is 0 Å². The zero-order valence-corrected chi connectivity index (χ0v) is 15.2. The summed E-state index contributed by atoms with van der Waals surface area (Å²) in [6, 6.07) is 9.09. The summed E-state index contributed by atoms with van der Waals surface area (Å²) < 4.78 is 0. The molecule has 26 heavy (non-hydrogen) atoms. The van der Waals surface area contributed by atoms with E-state index in [4.69, 9.17) is 0 Å². The molecule has 1 aromatic carbocycles. The van der Waals surface area contributed by atoms with Gasteiger partial charge in [-0.05, 0) is 43.5 Å². The lowest BCUT2D eigenvalue weighted by Gasteiger charge is -2.34. The van der Waals surface area contributed by atoms with E-state index in [0.29, 0.717) is 12.5 Å². The maximum Gasteiger partial charge on any atom is 0.227 e. The van der Waals surface area contributed by atoms with Gasteiger partial charge in [-0.3, -0.25) is 4.79 Å². The van der Waals surface area contributed by atoms with E-state index in [2.05, 4.69) is 44.5 Å². The molecule has 0 bridgehead atoms. The Hall–Kier alpha value is -2.34. The average molecular weight is 353 g/mol. The predicted molar refractivity (Wildman–Crippen MR) is 104 cm³/mol. The number of nitrogens with zero attached hydrogens (tertiary/aromatic N) is 3. The van der Waals surface area contributed by atoms with Crippen molar-refractivity contribution in [2.75, 3.05) is 36.0 Å². The number of imidazole rings is 1. The van der Waals surface area contributed by atoms with Crippen LogP contribution >= 0.6 is 0 Å². The molecular formula is C20H27N5O. The van der Waals surface area contributed by atoms with Gasteiger partial charge in [0.2, 0.25) is 5.91 Å². The molecule has 2 aliphatic rings. The highest BCUT2D eigenvalue weighted by Gasteiger charge is 2.22. The zero-order valence-electron chi connectivity index (χ0n) is 15.2. The van der Waals surface area contributed by atoms with E-state index in [1.807, 2.05) is 11.1 Å². The van der Waals surface area contributed by atoms with Crippen LogP contribution in [0.4, 0.5) is 11.4 Å². The molecule has 2 aromatic rings. The summed E-state index contributed by atoms with van der Waals surface area (Å²) in [6.07, 6.45) is 8.65. The van der Waals surface area contributed by atoms with Crippen LogP contribution in [0.3, 0.4) is 0 Å². The minimum absolute atomic E-state index is 0.250. The lowest BCUT2D eigenvalue weighted by Crippen LogP contribution is -2.43. The zero-order chi connectivity index (χ0) is 17.8. The number of benzene rings is 1. The van der Waals surface area contributed by atoms with Crippen molar-refractivity contribution in [3.05, 3.63) is 42.5 Å². The molecule has 1 aromatic heterocycles. The van der Waals surface area contributed by atoms with Crippen molar-refractivity contribution in [2.45, 2.75) is 38.1 Å². The van der Waals surface area contributed by atoms with Gasteiger partial charge < -0.3 is 20.1 Å². The van der Waals surface area contributed by atoms with E-state index in [-0.39, 0.29) is 5.91 Å². The van der Waals surface area contributed by atoms with Crippen molar-refractivity contribution >= 4 is 17.3 Å². The number of rotatable bonds is 6. The molecule has 0 atom stereocenters. The summed E-state index contributed by atoms with van der Waals surface area (Å²) in [6.45, 7) is 3.98. The molecule has 6 nitrogen and oxygen atoms in total. The molecule has 0 unspecified atom stereocenters. The third-order valence-corrected chi connectivity index (χ3v) is 5.46. The Kier molecular flexibility index (Phi) is 5.20. The first-order chi connectivity index (χ1) is 12.8. The van der Waals surface area contributed by atoms with Crippen LogP contribution in [0.2, 0.25) is 0 Å². The highest BCUT2D eigenvalue weighted by atomic mass is 16.2. The summed E-state index contributed by atoms with van der Waals surface area (Å²) in [4.78, 5) is 23.5. The number of nitrogens with one attached hydrogen (secondary N) is 2. The van der Waals surface area contributed by atoms with Gasteiger partial charge in [0.15, 0.2) is 0 Å². The number of carbonyl (C=O) groups excluding carboxylic acids is 1. The van der Waals surface area contributed by atoms with Crippen molar-refractivity contribution in [3.8, 4) is 0 Å². The largest absolute Gasteiger partial charge is 0.371 e. The number of hydrogen-bond donors (Lipinski definition) is 2. The summed E-state index contributed by atoms with van der Waals surface area (Å²) in [5.74, 6) is 0.250. The maximum atomic E-state index is 11.9. The second kappa shape index (κ2) is 7.91. The first-order valence-corrected chi connectivity index (χ1v) is 9.66. The van der Waals surface area contributed by atoms with E-state index >= 15 is 0 Å². The van der Waals surface area contributed by atoms with Crippen LogP contribution in [0, 0.1) is 0 Å². The molecule has 2 saturated heterocycles. The predicted octanol–water partition coefficient (Wildman–Crippen LogP) is 2.34.